The van der Waals surface area contributed by atoms with Gasteiger partial charge in [0.2, 0.25) is 11.8 Å². The molecular weight excluding hydrogens is 168 g/mol. The molecule has 0 radical (unpaired) electrons. The summed E-state index contributed by atoms with van der Waals surface area (Å²) in [6, 6.07) is -0.540. The lowest BCUT2D eigenvalue weighted by Crippen LogP contribution is -2.46. The number of hydrogen-bond donors (Lipinski definition) is 1. The Morgan fingerprint density at radius 3 is 2.54 bits per heavy atom. The van der Waals surface area contributed by atoms with Gasteiger partial charge < -0.3 is 5.73 Å². The lowest BCUT2D eigenvalue weighted by atomic mass is 10.0. The molecule has 1 heterocycles. The Balaban J connectivity index is 2.61. The number of amides is 2. The van der Waals surface area contributed by atoms with Gasteiger partial charge in [-0.1, -0.05) is 13.8 Å². The van der Waals surface area contributed by atoms with E-state index in [4.69, 9.17) is 5.73 Å². The van der Waals surface area contributed by atoms with Crippen molar-refractivity contribution in [2.45, 2.75) is 32.7 Å². The highest BCUT2D eigenvalue weighted by Crippen LogP contribution is 2.12. The van der Waals surface area contributed by atoms with Crippen LogP contribution in [0.3, 0.4) is 0 Å². The molecule has 0 aromatic heterocycles. The van der Waals surface area contributed by atoms with Crippen LogP contribution in [0.2, 0.25) is 0 Å². The minimum Gasteiger partial charge on any atom is -0.320 e. The third-order valence-corrected chi connectivity index (χ3v) is 2.34. The second kappa shape index (κ2) is 3.87. The predicted octanol–water partition coefficient (Wildman–Crippen LogP) is 0.119. The van der Waals surface area contributed by atoms with Gasteiger partial charge in [-0.15, -0.1) is 0 Å². The molecule has 1 saturated heterocycles. The van der Waals surface area contributed by atoms with E-state index in [1.54, 1.807) is 0 Å². The van der Waals surface area contributed by atoms with Crippen molar-refractivity contribution in [1.29, 1.82) is 0 Å². The Hall–Kier alpha value is -0.900. The molecule has 0 aromatic rings. The number of imide groups is 1. The molecule has 0 aromatic carbocycles. The number of nitrogens with two attached hydrogens (primary N) is 1. The molecule has 4 heteroatoms. The molecule has 1 atom stereocenters. The molecular formula is C9H16N2O2. The van der Waals surface area contributed by atoms with Gasteiger partial charge in [0.25, 0.3) is 0 Å². The number of rotatable bonds is 2. The van der Waals surface area contributed by atoms with Gasteiger partial charge in [0.05, 0.1) is 6.04 Å². The number of likely N-dealkylation sites (tertiary alicyclic amines) is 1. The van der Waals surface area contributed by atoms with Crippen molar-refractivity contribution in [3.8, 4) is 0 Å². The van der Waals surface area contributed by atoms with Gasteiger partial charge in [-0.3, -0.25) is 14.5 Å². The predicted molar refractivity (Wildman–Crippen MR) is 48.8 cm³/mol. The molecule has 0 bridgehead atoms. The van der Waals surface area contributed by atoms with Crippen molar-refractivity contribution in [2.75, 3.05) is 6.54 Å². The lowest BCUT2D eigenvalue weighted by Gasteiger charge is -2.20. The second-order valence-electron chi connectivity index (χ2n) is 3.76. The minimum atomic E-state index is -0.540. The van der Waals surface area contributed by atoms with E-state index >= 15 is 0 Å². The first-order chi connectivity index (χ1) is 6.04. The van der Waals surface area contributed by atoms with Gasteiger partial charge in [-0.05, 0) is 12.3 Å². The highest BCUT2D eigenvalue weighted by atomic mass is 16.2. The molecule has 1 fully saturated rings. The highest BCUT2D eigenvalue weighted by Gasteiger charge is 2.31. The normalized spacial score (nSPS) is 19.7. The minimum absolute atomic E-state index is 0.0823. The summed E-state index contributed by atoms with van der Waals surface area (Å²) in [5, 5.41) is 0. The average molecular weight is 184 g/mol. The molecule has 74 valence electrons. The standard InChI is InChI=1S/C9H16N2O2/c1-6(2)8(10)9(13)11-5-3-4-7(11)12/h6,8H,3-5,10H2,1-2H3/t8-/m0/s1. The van der Waals surface area contributed by atoms with Crippen LogP contribution in [0.5, 0.6) is 0 Å². The first-order valence-electron chi connectivity index (χ1n) is 4.64. The average Bonchev–Trinajstić information content (AvgIpc) is 2.48. The number of hydrogen-bond acceptors (Lipinski definition) is 3. The maximum atomic E-state index is 11.6. The molecule has 1 aliphatic rings. The van der Waals surface area contributed by atoms with Crippen molar-refractivity contribution >= 4 is 11.8 Å². The quantitative estimate of drug-likeness (QED) is 0.663. The van der Waals surface area contributed by atoms with Crippen LogP contribution in [0, 0.1) is 5.92 Å². The van der Waals surface area contributed by atoms with Gasteiger partial charge in [-0.25, -0.2) is 0 Å². The van der Waals surface area contributed by atoms with Gasteiger partial charge in [0.1, 0.15) is 0 Å². The molecule has 1 aliphatic heterocycles. The molecule has 13 heavy (non-hydrogen) atoms. The Kier molecular flexibility index (Phi) is 3.03. The van der Waals surface area contributed by atoms with Gasteiger partial charge in [0.15, 0.2) is 0 Å². The van der Waals surface area contributed by atoms with Crippen LogP contribution in [-0.2, 0) is 9.59 Å². The van der Waals surface area contributed by atoms with E-state index in [0.717, 1.165) is 6.42 Å². The monoisotopic (exact) mass is 184 g/mol. The zero-order valence-electron chi connectivity index (χ0n) is 8.12. The van der Waals surface area contributed by atoms with Crippen LogP contribution in [0.4, 0.5) is 0 Å². The van der Waals surface area contributed by atoms with Gasteiger partial charge in [-0.2, -0.15) is 0 Å². The number of nitrogens with zero attached hydrogens (tertiary/aromatic N) is 1. The topological polar surface area (TPSA) is 63.4 Å². The lowest BCUT2D eigenvalue weighted by molar-refractivity contribution is -0.143. The fourth-order valence-corrected chi connectivity index (χ4v) is 1.35. The summed E-state index contributed by atoms with van der Waals surface area (Å²) in [6.07, 6.45) is 1.26. The SMILES string of the molecule is CC(C)[C@H](N)C(=O)N1CCCC1=O. The zero-order valence-corrected chi connectivity index (χ0v) is 8.12. The van der Waals surface area contributed by atoms with Crippen LogP contribution in [-0.4, -0.2) is 29.3 Å². The summed E-state index contributed by atoms with van der Waals surface area (Å²) in [6.45, 7) is 4.30. The summed E-state index contributed by atoms with van der Waals surface area (Å²) in [4.78, 5) is 24.1. The van der Waals surface area contributed by atoms with E-state index in [1.165, 1.54) is 4.90 Å². The fourth-order valence-electron chi connectivity index (χ4n) is 1.35. The smallest absolute Gasteiger partial charge is 0.246 e. The molecule has 0 saturated carbocycles. The van der Waals surface area contributed by atoms with Gasteiger partial charge in [0, 0.05) is 13.0 Å². The van der Waals surface area contributed by atoms with Crippen molar-refractivity contribution in [2.24, 2.45) is 11.7 Å². The molecule has 0 aliphatic carbocycles. The van der Waals surface area contributed by atoms with Crippen molar-refractivity contribution < 1.29 is 9.59 Å². The third-order valence-electron chi connectivity index (χ3n) is 2.34. The third kappa shape index (κ3) is 2.06. The zero-order chi connectivity index (χ0) is 10.0. The van der Waals surface area contributed by atoms with Crippen molar-refractivity contribution in [1.82, 2.24) is 4.90 Å². The Labute approximate surface area is 78.1 Å². The van der Waals surface area contributed by atoms with E-state index in [9.17, 15) is 9.59 Å². The Bertz CT molecular complexity index is 226. The first-order valence-corrected chi connectivity index (χ1v) is 4.64. The molecule has 0 spiro atoms. The number of carbonyl (C=O) groups is 2. The molecule has 2 amide bonds. The maximum absolute atomic E-state index is 11.6. The van der Waals surface area contributed by atoms with Crippen LogP contribution >= 0.6 is 0 Å². The van der Waals surface area contributed by atoms with E-state index in [-0.39, 0.29) is 17.7 Å². The van der Waals surface area contributed by atoms with E-state index in [1.807, 2.05) is 13.8 Å². The Morgan fingerprint density at radius 2 is 2.15 bits per heavy atom. The summed E-state index contributed by atoms with van der Waals surface area (Å²) in [5.41, 5.74) is 5.66. The van der Waals surface area contributed by atoms with Crippen LogP contribution in [0.15, 0.2) is 0 Å². The summed E-state index contributed by atoms with van der Waals surface area (Å²) < 4.78 is 0. The van der Waals surface area contributed by atoms with Crippen LogP contribution in [0.1, 0.15) is 26.7 Å². The van der Waals surface area contributed by atoms with Crippen molar-refractivity contribution in [3.05, 3.63) is 0 Å². The number of carbonyl (C=O) groups excluding carboxylic acids is 2. The second-order valence-corrected chi connectivity index (χ2v) is 3.76. The molecule has 4 nitrogen and oxygen atoms in total. The highest BCUT2D eigenvalue weighted by molar-refractivity contribution is 5.99. The largest absolute Gasteiger partial charge is 0.320 e. The van der Waals surface area contributed by atoms with E-state index in [0.29, 0.717) is 13.0 Å². The van der Waals surface area contributed by atoms with Crippen LogP contribution in [0.25, 0.3) is 0 Å². The summed E-state index contributed by atoms with van der Waals surface area (Å²) in [5.74, 6) is -0.223. The van der Waals surface area contributed by atoms with Gasteiger partial charge >= 0.3 is 0 Å². The van der Waals surface area contributed by atoms with E-state index < -0.39 is 6.04 Å². The molecule has 2 N–H and O–H groups in total. The fraction of sp³-hybridized carbons (Fsp3) is 0.778. The van der Waals surface area contributed by atoms with E-state index in [2.05, 4.69) is 0 Å². The summed E-state index contributed by atoms with van der Waals surface area (Å²) >= 11 is 0. The van der Waals surface area contributed by atoms with Crippen molar-refractivity contribution in [3.63, 3.8) is 0 Å². The first kappa shape index (κ1) is 10.2. The Morgan fingerprint density at radius 1 is 1.54 bits per heavy atom. The van der Waals surface area contributed by atoms with Crippen LogP contribution < -0.4 is 5.73 Å². The summed E-state index contributed by atoms with van der Waals surface area (Å²) in [7, 11) is 0. The molecule has 0 unspecified atom stereocenters. The molecule has 1 rings (SSSR count). The maximum Gasteiger partial charge on any atom is 0.246 e.